The third-order valence-electron chi connectivity index (χ3n) is 4.45. The number of aryl methyl sites for hydroxylation is 1. The molecule has 4 rings (SSSR count). The topological polar surface area (TPSA) is 77.1 Å². The Morgan fingerprint density at radius 2 is 1.85 bits per heavy atom. The molecule has 0 bridgehead atoms. The van der Waals surface area contributed by atoms with E-state index in [2.05, 4.69) is 5.32 Å². The molecule has 7 nitrogen and oxygen atoms in total. The Labute approximate surface area is 156 Å². The van der Waals surface area contributed by atoms with Gasteiger partial charge in [0.2, 0.25) is 5.91 Å². The second-order valence-electron chi connectivity index (χ2n) is 6.56. The highest BCUT2D eigenvalue weighted by Gasteiger charge is 2.32. The zero-order valence-corrected chi connectivity index (χ0v) is 15.2. The van der Waals surface area contributed by atoms with Crippen molar-refractivity contribution in [1.29, 1.82) is 0 Å². The molecule has 0 saturated carbocycles. The van der Waals surface area contributed by atoms with Crippen molar-refractivity contribution in [3.8, 4) is 17.2 Å². The van der Waals surface area contributed by atoms with Crippen LogP contribution in [0.5, 0.6) is 17.2 Å². The smallest absolute Gasteiger partial charge is 0.268 e. The van der Waals surface area contributed by atoms with E-state index < -0.39 is 6.10 Å². The number of rotatable bonds is 3. The lowest BCUT2D eigenvalue weighted by atomic mass is 10.1. The molecule has 2 aromatic rings. The van der Waals surface area contributed by atoms with Gasteiger partial charge in [-0.3, -0.25) is 14.5 Å². The first-order valence-corrected chi connectivity index (χ1v) is 8.79. The maximum Gasteiger partial charge on any atom is 0.268 e. The second kappa shape index (κ2) is 6.83. The Hall–Kier alpha value is -3.22. The number of nitrogens with one attached hydrogen (secondary N) is 1. The van der Waals surface area contributed by atoms with E-state index in [0.717, 1.165) is 5.56 Å². The van der Waals surface area contributed by atoms with Gasteiger partial charge in [0.05, 0.1) is 5.69 Å². The summed E-state index contributed by atoms with van der Waals surface area (Å²) in [6, 6.07) is 10.8. The monoisotopic (exact) mass is 368 g/mol. The second-order valence-corrected chi connectivity index (χ2v) is 6.56. The zero-order valence-electron chi connectivity index (χ0n) is 15.2. The van der Waals surface area contributed by atoms with E-state index in [9.17, 15) is 9.59 Å². The molecule has 1 N–H and O–H groups in total. The maximum atomic E-state index is 12.6. The maximum absolute atomic E-state index is 12.6. The fraction of sp³-hybridized carbons (Fsp3) is 0.300. The van der Waals surface area contributed by atoms with Crippen LogP contribution in [0.2, 0.25) is 0 Å². The van der Waals surface area contributed by atoms with Gasteiger partial charge in [-0.1, -0.05) is 6.07 Å². The number of ether oxygens (including phenoxy) is 3. The van der Waals surface area contributed by atoms with Crippen LogP contribution in [0, 0.1) is 6.92 Å². The standard InChI is InChI=1S/C20H20N2O5/c1-12-3-5-16-15(9-12)22(20(24)13(2)27-16)11-19(23)21-14-4-6-17-18(10-14)26-8-7-25-17/h3-6,9-10,13H,7-8,11H2,1-2H3,(H,21,23). The number of carbonyl (C=O) groups excluding carboxylic acids is 2. The minimum absolute atomic E-state index is 0.0998. The van der Waals surface area contributed by atoms with Crippen LogP contribution in [-0.2, 0) is 9.59 Å². The molecular formula is C20H20N2O5. The Morgan fingerprint density at radius 1 is 1.11 bits per heavy atom. The van der Waals surface area contributed by atoms with Crippen molar-refractivity contribution in [2.75, 3.05) is 30.0 Å². The molecule has 2 aliphatic heterocycles. The molecule has 27 heavy (non-hydrogen) atoms. The van der Waals surface area contributed by atoms with Gasteiger partial charge in [0.25, 0.3) is 5.91 Å². The number of amides is 2. The van der Waals surface area contributed by atoms with Crippen LogP contribution in [0.1, 0.15) is 12.5 Å². The third-order valence-corrected chi connectivity index (χ3v) is 4.45. The van der Waals surface area contributed by atoms with Gasteiger partial charge in [-0.05, 0) is 43.7 Å². The Morgan fingerprint density at radius 3 is 2.67 bits per heavy atom. The van der Waals surface area contributed by atoms with Crippen LogP contribution in [0.3, 0.4) is 0 Å². The molecule has 0 spiro atoms. The van der Waals surface area contributed by atoms with Crippen molar-refractivity contribution in [2.45, 2.75) is 20.0 Å². The molecule has 140 valence electrons. The van der Waals surface area contributed by atoms with Gasteiger partial charge in [-0.15, -0.1) is 0 Å². The lowest BCUT2D eigenvalue weighted by Crippen LogP contribution is -2.47. The van der Waals surface area contributed by atoms with Gasteiger partial charge in [0.15, 0.2) is 17.6 Å². The molecule has 7 heteroatoms. The van der Waals surface area contributed by atoms with Crippen LogP contribution < -0.4 is 24.4 Å². The fourth-order valence-corrected chi connectivity index (χ4v) is 3.15. The van der Waals surface area contributed by atoms with Gasteiger partial charge in [-0.25, -0.2) is 0 Å². The van der Waals surface area contributed by atoms with E-state index in [-0.39, 0.29) is 18.4 Å². The molecule has 0 aliphatic carbocycles. The number of carbonyl (C=O) groups is 2. The summed E-state index contributed by atoms with van der Waals surface area (Å²) in [5.74, 6) is 1.30. The van der Waals surface area contributed by atoms with Crippen molar-refractivity contribution in [3.63, 3.8) is 0 Å². The summed E-state index contributed by atoms with van der Waals surface area (Å²) in [5.41, 5.74) is 2.18. The van der Waals surface area contributed by atoms with E-state index in [4.69, 9.17) is 14.2 Å². The first-order chi connectivity index (χ1) is 13.0. The van der Waals surface area contributed by atoms with Crippen molar-refractivity contribution in [2.24, 2.45) is 0 Å². The fourth-order valence-electron chi connectivity index (χ4n) is 3.15. The number of hydrogen-bond donors (Lipinski definition) is 1. The predicted molar refractivity (Wildman–Crippen MR) is 99.7 cm³/mol. The molecule has 2 aromatic carbocycles. The molecule has 0 radical (unpaired) electrons. The summed E-state index contributed by atoms with van der Waals surface area (Å²) in [4.78, 5) is 26.6. The highest BCUT2D eigenvalue weighted by atomic mass is 16.6. The average molecular weight is 368 g/mol. The molecule has 0 saturated heterocycles. The Kier molecular flexibility index (Phi) is 4.35. The molecule has 0 aromatic heterocycles. The largest absolute Gasteiger partial charge is 0.486 e. The number of anilines is 2. The lowest BCUT2D eigenvalue weighted by molar-refractivity contribution is -0.127. The predicted octanol–water partition coefficient (Wildman–Crippen LogP) is 2.52. The minimum Gasteiger partial charge on any atom is -0.486 e. The molecular weight excluding hydrogens is 348 g/mol. The van der Waals surface area contributed by atoms with Crippen LogP contribution in [0.15, 0.2) is 36.4 Å². The summed E-state index contributed by atoms with van der Waals surface area (Å²) >= 11 is 0. The molecule has 2 heterocycles. The first kappa shape index (κ1) is 17.2. The van der Waals surface area contributed by atoms with Crippen LogP contribution in [0.25, 0.3) is 0 Å². The van der Waals surface area contributed by atoms with Gasteiger partial charge >= 0.3 is 0 Å². The summed E-state index contributed by atoms with van der Waals surface area (Å²) in [6.45, 7) is 4.49. The zero-order chi connectivity index (χ0) is 19.0. The van der Waals surface area contributed by atoms with Crippen molar-refractivity contribution in [3.05, 3.63) is 42.0 Å². The van der Waals surface area contributed by atoms with Crippen LogP contribution in [0.4, 0.5) is 11.4 Å². The summed E-state index contributed by atoms with van der Waals surface area (Å²) in [6.07, 6.45) is -0.637. The van der Waals surface area contributed by atoms with E-state index in [0.29, 0.717) is 41.8 Å². The molecule has 1 atom stereocenters. The summed E-state index contributed by atoms with van der Waals surface area (Å²) in [7, 11) is 0. The summed E-state index contributed by atoms with van der Waals surface area (Å²) in [5, 5.41) is 2.81. The Balaban J connectivity index is 1.52. The third kappa shape index (κ3) is 3.40. The lowest BCUT2D eigenvalue weighted by Gasteiger charge is -2.32. The van der Waals surface area contributed by atoms with Crippen LogP contribution >= 0.6 is 0 Å². The molecule has 1 unspecified atom stereocenters. The van der Waals surface area contributed by atoms with Crippen molar-refractivity contribution < 1.29 is 23.8 Å². The average Bonchev–Trinajstić information content (AvgIpc) is 2.66. The van der Waals surface area contributed by atoms with Crippen LogP contribution in [-0.4, -0.2) is 37.7 Å². The van der Waals surface area contributed by atoms with E-state index >= 15 is 0 Å². The summed E-state index contributed by atoms with van der Waals surface area (Å²) < 4.78 is 16.6. The SMILES string of the molecule is Cc1ccc2c(c1)N(CC(=O)Nc1ccc3c(c1)OCCO3)C(=O)C(C)O2. The van der Waals surface area contributed by atoms with E-state index in [1.807, 2.05) is 25.1 Å². The van der Waals surface area contributed by atoms with Gasteiger partial charge in [0, 0.05) is 11.8 Å². The number of nitrogens with zero attached hydrogens (tertiary/aromatic N) is 1. The first-order valence-electron chi connectivity index (χ1n) is 8.79. The van der Waals surface area contributed by atoms with Gasteiger partial charge in [-0.2, -0.15) is 0 Å². The molecule has 2 aliphatic rings. The number of hydrogen-bond acceptors (Lipinski definition) is 5. The van der Waals surface area contributed by atoms with Gasteiger partial charge < -0.3 is 19.5 Å². The molecule has 2 amide bonds. The van der Waals surface area contributed by atoms with E-state index in [1.165, 1.54) is 4.90 Å². The molecule has 0 fully saturated rings. The Bertz CT molecular complexity index is 911. The minimum atomic E-state index is -0.637. The number of benzene rings is 2. The normalized spacial score (nSPS) is 17.8. The highest BCUT2D eigenvalue weighted by molar-refractivity contribution is 6.06. The van der Waals surface area contributed by atoms with Crippen molar-refractivity contribution in [1.82, 2.24) is 0 Å². The van der Waals surface area contributed by atoms with E-state index in [1.54, 1.807) is 25.1 Å². The number of fused-ring (bicyclic) bond motifs is 2. The highest BCUT2D eigenvalue weighted by Crippen LogP contribution is 2.35. The van der Waals surface area contributed by atoms with Crippen molar-refractivity contribution >= 4 is 23.2 Å². The quantitative estimate of drug-likeness (QED) is 0.901. The van der Waals surface area contributed by atoms with Gasteiger partial charge in [0.1, 0.15) is 25.5 Å².